The molecule has 3 aromatic rings. The van der Waals surface area contributed by atoms with Crippen molar-refractivity contribution in [2.45, 2.75) is 19.0 Å². The summed E-state index contributed by atoms with van der Waals surface area (Å²) in [5.74, 6) is 0.960. The zero-order valence-electron chi connectivity index (χ0n) is 15.0. The van der Waals surface area contributed by atoms with Crippen LogP contribution in [-0.2, 0) is 6.54 Å². The van der Waals surface area contributed by atoms with Crippen molar-refractivity contribution in [3.63, 3.8) is 0 Å². The monoisotopic (exact) mass is 345 g/mol. The molecule has 1 unspecified atom stereocenters. The van der Waals surface area contributed by atoms with Crippen molar-refractivity contribution in [3.05, 3.63) is 72.6 Å². The van der Waals surface area contributed by atoms with Gasteiger partial charge in [-0.3, -0.25) is 9.88 Å². The predicted octanol–water partition coefficient (Wildman–Crippen LogP) is 3.25. The van der Waals surface area contributed by atoms with Crippen molar-refractivity contribution in [3.8, 4) is 11.3 Å². The number of pyridine rings is 1. The van der Waals surface area contributed by atoms with Crippen LogP contribution < -0.4 is 4.90 Å². The summed E-state index contributed by atoms with van der Waals surface area (Å²) in [7, 11) is 2.19. The molecule has 0 saturated carbocycles. The van der Waals surface area contributed by atoms with Gasteiger partial charge in [-0.15, -0.1) is 10.2 Å². The molecule has 1 fully saturated rings. The van der Waals surface area contributed by atoms with Gasteiger partial charge >= 0.3 is 0 Å². The van der Waals surface area contributed by atoms with E-state index in [4.69, 9.17) is 0 Å². The number of hydrogen-bond acceptors (Lipinski definition) is 5. The Hall–Kier alpha value is -2.79. The molecule has 4 rings (SSSR count). The first kappa shape index (κ1) is 16.7. The molecule has 3 heterocycles. The summed E-state index contributed by atoms with van der Waals surface area (Å²) in [6, 6.07) is 19.0. The van der Waals surface area contributed by atoms with Gasteiger partial charge < -0.3 is 4.90 Å². The maximum absolute atomic E-state index is 4.46. The van der Waals surface area contributed by atoms with Crippen LogP contribution >= 0.6 is 0 Å². The van der Waals surface area contributed by atoms with Gasteiger partial charge in [0.2, 0.25) is 0 Å². The molecule has 1 aliphatic heterocycles. The van der Waals surface area contributed by atoms with Crippen LogP contribution in [0.1, 0.15) is 12.0 Å². The molecule has 0 radical (unpaired) electrons. The van der Waals surface area contributed by atoms with Gasteiger partial charge in [-0.05, 0) is 37.2 Å². The Labute approximate surface area is 154 Å². The van der Waals surface area contributed by atoms with Crippen LogP contribution in [-0.4, -0.2) is 46.3 Å². The first-order chi connectivity index (χ1) is 12.8. The third-order valence-electron chi connectivity index (χ3n) is 4.99. The summed E-state index contributed by atoms with van der Waals surface area (Å²) >= 11 is 0. The minimum atomic E-state index is 0.519. The van der Waals surface area contributed by atoms with Crippen LogP contribution in [0.15, 0.2) is 67.0 Å². The number of anilines is 1. The van der Waals surface area contributed by atoms with Crippen molar-refractivity contribution in [2.75, 3.05) is 25.0 Å². The fourth-order valence-electron chi connectivity index (χ4n) is 3.48. The second-order valence-electron chi connectivity index (χ2n) is 6.81. The van der Waals surface area contributed by atoms with E-state index in [1.807, 2.05) is 36.7 Å². The zero-order valence-corrected chi connectivity index (χ0v) is 15.0. The van der Waals surface area contributed by atoms with Crippen LogP contribution in [0.4, 0.5) is 5.82 Å². The molecular formula is C21H23N5. The predicted molar refractivity (Wildman–Crippen MR) is 104 cm³/mol. The molecule has 0 bridgehead atoms. The number of benzene rings is 1. The first-order valence-corrected chi connectivity index (χ1v) is 9.03. The molecule has 1 saturated heterocycles. The molecule has 1 aliphatic rings. The number of likely N-dealkylation sites (N-methyl/N-ethyl adjacent to an activating group) is 1. The van der Waals surface area contributed by atoms with Gasteiger partial charge in [0.15, 0.2) is 5.82 Å². The van der Waals surface area contributed by atoms with Crippen LogP contribution in [0.3, 0.4) is 0 Å². The number of aromatic nitrogens is 3. The third-order valence-corrected chi connectivity index (χ3v) is 4.99. The molecule has 5 heteroatoms. The summed E-state index contributed by atoms with van der Waals surface area (Å²) in [6.45, 7) is 2.92. The average molecular weight is 345 g/mol. The molecule has 26 heavy (non-hydrogen) atoms. The lowest BCUT2D eigenvalue weighted by atomic mass is 10.1. The molecule has 132 valence electrons. The fraction of sp³-hybridized carbons (Fsp3) is 0.286. The SMILES string of the molecule is CN(Cc1cccnc1)C1CCN(c2ccc(-c3ccccc3)nn2)C1. The van der Waals surface area contributed by atoms with E-state index >= 15 is 0 Å². The molecule has 1 atom stereocenters. The minimum absolute atomic E-state index is 0.519. The van der Waals surface area contributed by atoms with Crippen LogP contribution in [0.5, 0.6) is 0 Å². The minimum Gasteiger partial charge on any atom is -0.354 e. The Kier molecular flexibility index (Phi) is 4.88. The Balaban J connectivity index is 1.39. The Morgan fingerprint density at radius 3 is 2.65 bits per heavy atom. The molecule has 0 aliphatic carbocycles. The third kappa shape index (κ3) is 3.73. The fourth-order valence-corrected chi connectivity index (χ4v) is 3.48. The molecule has 0 spiro atoms. The highest BCUT2D eigenvalue weighted by molar-refractivity contribution is 5.59. The van der Waals surface area contributed by atoms with E-state index in [1.165, 1.54) is 5.56 Å². The van der Waals surface area contributed by atoms with Gasteiger partial charge in [0.25, 0.3) is 0 Å². The second kappa shape index (κ2) is 7.62. The van der Waals surface area contributed by atoms with Crippen molar-refractivity contribution < 1.29 is 0 Å². The molecule has 0 amide bonds. The van der Waals surface area contributed by atoms with Crippen molar-refractivity contribution in [1.29, 1.82) is 0 Å². The Morgan fingerprint density at radius 1 is 1.04 bits per heavy atom. The standard InChI is InChI=1S/C21H23N5/c1-25(15-17-6-5-12-22-14-17)19-11-13-26(16-19)21-10-9-20(23-24-21)18-7-3-2-4-8-18/h2-10,12,14,19H,11,13,15-16H2,1H3. The van der Waals surface area contributed by atoms with E-state index in [1.54, 1.807) is 0 Å². The summed E-state index contributed by atoms with van der Waals surface area (Å²) in [5.41, 5.74) is 3.27. The van der Waals surface area contributed by atoms with Gasteiger partial charge in [0.05, 0.1) is 5.69 Å². The number of rotatable bonds is 5. The largest absolute Gasteiger partial charge is 0.354 e. The summed E-state index contributed by atoms with van der Waals surface area (Å²) < 4.78 is 0. The zero-order chi connectivity index (χ0) is 17.8. The quantitative estimate of drug-likeness (QED) is 0.710. The van der Waals surface area contributed by atoms with E-state index < -0.39 is 0 Å². The van der Waals surface area contributed by atoms with Gasteiger partial charge in [0.1, 0.15) is 0 Å². The second-order valence-corrected chi connectivity index (χ2v) is 6.81. The average Bonchev–Trinajstić information content (AvgIpc) is 3.20. The topological polar surface area (TPSA) is 45.2 Å². The lowest BCUT2D eigenvalue weighted by Gasteiger charge is -2.24. The van der Waals surface area contributed by atoms with E-state index in [2.05, 4.69) is 62.4 Å². The van der Waals surface area contributed by atoms with E-state index in [-0.39, 0.29) is 0 Å². The van der Waals surface area contributed by atoms with E-state index in [0.29, 0.717) is 6.04 Å². The normalized spacial score (nSPS) is 17.0. The molecular weight excluding hydrogens is 322 g/mol. The molecule has 2 aromatic heterocycles. The summed E-state index contributed by atoms with van der Waals surface area (Å²) in [6.07, 6.45) is 4.90. The highest BCUT2D eigenvalue weighted by atomic mass is 15.3. The molecule has 1 aromatic carbocycles. The van der Waals surface area contributed by atoms with Crippen molar-refractivity contribution in [1.82, 2.24) is 20.1 Å². The summed E-state index contributed by atoms with van der Waals surface area (Å²) in [5, 5.41) is 8.88. The maximum Gasteiger partial charge on any atom is 0.151 e. The number of nitrogens with zero attached hydrogens (tertiary/aromatic N) is 5. The molecule has 5 nitrogen and oxygen atoms in total. The van der Waals surface area contributed by atoms with Crippen molar-refractivity contribution in [2.24, 2.45) is 0 Å². The lowest BCUT2D eigenvalue weighted by molar-refractivity contribution is 0.250. The van der Waals surface area contributed by atoms with Gasteiger partial charge in [-0.2, -0.15) is 0 Å². The Bertz CT molecular complexity index is 820. The maximum atomic E-state index is 4.46. The van der Waals surface area contributed by atoms with E-state index in [9.17, 15) is 0 Å². The highest BCUT2D eigenvalue weighted by Crippen LogP contribution is 2.23. The number of hydrogen-bond donors (Lipinski definition) is 0. The first-order valence-electron chi connectivity index (χ1n) is 9.03. The smallest absolute Gasteiger partial charge is 0.151 e. The van der Waals surface area contributed by atoms with Crippen LogP contribution in [0, 0.1) is 0 Å². The summed E-state index contributed by atoms with van der Waals surface area (Å²) in [4.78, 5) is 8.94. The van der Waals surface area contributed by atoms with Crippen LogP contribution in [0.2, 0.25) is 0 Å². The van der Waals surface area contributed by atoms with Gasteiger partial charge in [-0.1, -0.05) is 36.4 Å². The van der Waals surface area contributed by atoms with Crippen molar-refractivity contribution >= 4 is 5.82 Å². The van der Waals surface area contributed by atoms with Gasteiger partial charge in [-0.25, -0.2) is 0 Å². The Morgan fingerprint density at radius 2 is 1.92 bits per heavy atom. The van der Waals surface area contributed by atoms with Gasteiger partial charge in [0, 0.05) is 43.6 Å². The highest BCUT2D eigenvalue weighted by Gasteiger charge is 2.26. The molecule has 0 N–H and O–H groups in total. The van der Waals surface area contributed by atoms with Crippen LogP contribution in [0.25, 0.3) is 11.3 Å². The van der Waals surface area contributed by atoms with E-state index in [0.717, 1.165) is 43.1 Å². The lowest BCUT2D eigenvalue weighted by Crippen LogP contribution is -2.34.